The number of hydrogen-bond donors (Lipinski definition) is 1. The summed E-state index contributed by atoms with van der Waals surface area (Å²) >= 11 is 0. The normalized spacial score (nSPS) is 17.5. The Balaban J connectivity index is 1.78. The summed E-state index contributed by atoms with van der Waals surface area (Å²) in [5, 5.41) is 9.18. The molecule has 1 aliphatic heterocycles. The number of hydrogen-bond acceptors (Lipinski definition) is 3. The Labute approximate surface area is 164 Å². The van der Waals surface area contributed by atoms with Crippen molar-refractivity contribution in [1.29, 1.82) is 0 Å². The number of carbonyl (C=O) groups is 2. The van der Waals surface area contributed by atoms with E-state index < -0.39 is 6.61 Å². The number of likely N-dealkylation sites (N-methyl/N-ethyl adjacent to an activating group) is 1. The monoisotopic (exact) mass is 384 g/mol. The van der Waals surface area contributed by atoms with E-state index in [1.165, 1.54) is 6.07 Å². The average Bonchev–Trinajstić information content (AvgIpc) is 2.87. The van der Waals surface area contributed by atoms with Gasteiger partial charge in [-0.05, 0) is 30.5 Å². The molecule has 1 N–H and O–H groups in total. The van der Waals surface area contributed by atoms with Gasteiger partial charge in [0.2, 0.25) is 11.8 Å². The molecule has 0 aliphatic carbocycles. The molecule has 1 aliphatic rings. The minimum absolute atomic E-state index is 0.0221. The molecular formula is C22H25FN2O3. The highest BCUT2D eigenvalue weighted by molar-refractivity contribution is 5.82. The first-order valence-electron chi connectivity index (χ1n) is 9.54. The third-order valence-electron chi connectivity index (χ3n) is 5.23. The third kappa shape index (κ3) is 4.39. The highest BCUT2D eigenvalue weighted by atomic mass is 19.1. The van der Waals surface area contributed by atoms with Gasteiger partial charge in [-0.3, -0.25) is 9.59 Å². The van der Waals surface area contributed by atoms with Gasteiger partial charge >= 0.3 is 0 Å². The van der Waals surface area contributed by atoms with E-state index >= 15 is 0 Å². The molecule has 0 bridgehead atoms. The minimum Gasteiger partial charge on any atom is -0.387 e. The Hall–Kier alpha value is -2.73. The zero-order valence-electron chi connectivity index (χ0n) is 16.0. The molecule has 1 atom stereocenters. The van der Waals surface area contributed by atoms with Gasteiger partial charge in [-0.2, -0.15) is 0 Å². The maximum atomic E-state index is 14.0. The Morgan fingerprint density at radius 2 is 1.86 bits per heavy atom. The molecule has 2 aromatic carbocycles. The van der Waals surface area contributed by atoms with Gasteiger partial charge in [0.25, 0.3) is 0 Å². The summed E-state index contributed by atoms with van der Waals surface area (Å²) in [4.78, 5) is 28.1. The summed E-state index contributed by atoms with van der Waals surface area (Å²) < 4.78 is 14.0. The van der Waals surface area contributed by atoms with Gasteiger partial charge in [-0.15, -0.1) is 0 Å². The van der Waals surface area contributed by atoms with Crippen LogP contribution in [0.4, 0.5) is 4.39 Å². The molecule has 3 rings (SSSR count). The average molecular weight is 384 g/mol. The van der Waals surface area contributed by atoms with Gasteiger partial charge in [0.05, 0.1) is 5.92 Å². The molecular weight excluding hydrogens is 359 g/mol. The van der Waals surface area contributed by atoms with Crippen molar-refractivity contribution in [3.63, 3.8) is 0 Å². The van der Waals surface area contributed by atoms with Gasteiger partial charge in [-0.1, -0.05) is 42.5 Å². The van der Waals surface area contributed by atoms with Gasteiger partial charge in [0, 0.05) is 31.7 Å². The van der Waals surface area contributed by atoms with Crippen molar-refractivity contribution >= 4 is 11.8 Å². The summed E-state index contributed by atoms with van der Waals surface area (Å²) in [6.45, 7) is 3.16. The van der Waals surface area contributed by atoms with E-state index in [1.54, 1.807) is 28.0 Å². The highest BCUT2D eigenvalue weighted by Crippen LogP contribution is 2.24. The van der Waals surface area contributed by atoms with Crippen molar-refractivity contribution in [2.24, 2.45) is 5.92 Å². The number of nitrogens with zero attached hydrogens (tertiary/aromatic N) is 2. The first-order chi connectivity index (χ1) is 13.5. The fourth-order valence-corrected chi connectivity index (χ4v) is 3.64. The van der Waals surface area contributed by atoms with Crippen LogP contribution in [0.5, 0.6) is 0 Å². The maximum Gasteiger partial charge on any atom is 0.248 e. The second-order valence-electron chi connectivity index (χ2n) is 6.99. The van der Waals surface area contributed by atoms with Crippen LogP contribution in [0.3, 0.4) is 0 Å². The minimum atomic E-state index is -0.551. The van der Waals surface area contributed by atoms with Gasteiger partial charge < -0.3 is 14.9 Å². The maximum absolute atomic E-state index is 14.0. The quantitative estimate of drug-likeness (QED) is 0.861. The lowest BCUT2D eigenvalue weighted by molar-refractivity contribution is -0.135. The molecule has 1 unspecified atom stereocenters. The van der Waals surface area contributed by atoms with E-state index in [2.05, 4.69) is 0 Å². The number of rotatable bonds is 5. The van der Waals surface area contributed by atoms with Crippen LogP contribution in [0.1, 0.15) is 12.5 Å². The lowest BCUT2D eigenvalue weighted by Crippen LogP contribution is -2.38. The Morgan fingerprint density at radius 1 is 1.14 bits per heavy atom. The van der Waals surface area contributed by atoms with Crippen LogP contribution >= 0.6 is 0 Å². The van der Waals surface area contributed by atoms with Gasteiger partial charge in [0.15, 0.2) is 0 Å². The summed E-state index contributed by atoms with van der Waals surface area (Å²) in [5.74, 6) is -0.970. The predicted octanol–water partition coefficient (Wildman–Crippen LogP) is 2.33. The molecule has 0 spiro atoms. The highest BCUT2D eigenvalue weighted by Gasteiger charge is 2.31. The van der Waals surface area contributed by atoms with Crippen LogP contribution in [0.25, 0.3) is 11.1 Å². The fourth-order valence-electron chi connectivity index (χ4n) is 3.64. The van der Waals surface area contributed by atoms with Crippen LogP contribution in [-0.2, 0) is 16.0 Å². The molecule has 1 heterocycles. The molecule has 0 radical (unpaired) electrons. The van der Waals surface area contributed by atoms with Crippen molar-refractivity contribution in [1.82, 2.24) is 9.80 Å². The smallest absolute Gasteiger partial charge is 0.248 e. The number of benzene rings is 2. The van der Waals surface area contributed by atoms with Crippen LogP contribution in [0.15, 0.2) is 48.5 Å². The molecule has 0 aromatic heterocycles. The van der Waals surface area contributed by atoms with Crippen molar-refractivity contribution in [3.8, 4) is 11.1 Å². The first kappa shape index (κ1) is 20.0. The zero-order valence-corrected chi connectivity index (χ0v) is 16.0. The summed E-state index contributed by atoms with van der Waals surface area (Å²) in [6.07, 6.45) is 0.488. The molecule has 6 heteroatoms. The number of aliphatic hydroxyl groups is 1. The predicted molar refractivity (Wildman–Crippen MR) is 105 cm³/mol. The van der Waals surface area contributed by atoms with Crippen LogP contribution < -0.4 is 0 Å². The SMILES string of the molecule is CCN1CCN(C(=O)CO)CC(Cc2ccc(-c3ccccc3F)cc2)C1=O. The number of aliphatic hydroxyl groups excluding tert-OH is 1. The van der Waals surface area contributed by atoms with Crippen molar-refractivity contribution < 1.29 is 19.1 Å². The zero-order chi connectivity index (χ0) is 20.1. The van der Waals surface area contributed by atoms with E-state index in [0.717, 1.165) is 11.1 Å². The first-order valence-corrected chi connectivity index (χ1v) is 9.54. The van der Waals surface area contributed by atoms with Gasteiger partial charge in [0.1, 0.15) is 12.4 Å². The topological polar surface area (TPSA) is 60.9 Å². The molecule has 2 aromatic rings. The standard InChI is InChI=1S/C22H25FN2O3/c1-2-24-11-12-25(21(27)15-26)14-18(22(24)28)13-16-7-9-17(10-8-16)19-5-3-4-6-20(19)23/h3-10,18,26H,2,11-15H2,1H3. The molecule has 1 saturated heterocycles. The Morgan fingerprint density at radius 3 is 2.50 bits per heavy atom. The van der Waals surface area contributed by atoms with E-state index in [0.29, 0.717) is 38.2 Å². The number of halogens is 1. The molecule has 28 heavy (non-hydrogen) atoms. The Bertz CT molecular complexity index is 838. The van der Waals surface area contributed by atoms with Crippen molar-refractivity contribution in [2.45, 2.75) is 13.3 Å². The molecule has 5 nitrogen and oxygen atoms in total. The molecule has 2 amide bonds. The second-order valence-corrected chi connectivity index (χ2v) is 6.99. The fraction of sp³-hybridized carbons (Fsp3) is 0.364. The van der Waals surface area contributed by atoms with Gasteiger partial charge in [-0.25, -0.2) is 4.39 Å². The van der Waals surface area contributed by atoms with Crippen LogP contribution in [0, 0.1) is 11.7 Å². The van der Waals surface area contributed by atoms with E-state index in [9.17, 15) is 19.1 Å². The third-order valence-corrected chi connectivity index (χ3v) is 5.23. The lowest BCUT2D eigenvalue weighted by Gasteiger charge is -2.23. The lowest BCUT2D eigenvalue weighted by atomic mass is 9.95. The summed E-state index contributed by atoms with van der Waals surface area (Å²) in [7, 11) is 0. The van der Waals surface area contributed by atoms with E-state index in [1.807, 2.05) is 31.2 Å². The number of amides is 2. The molecule has 1 fully saturated rings. The van der Waals surface area contributed by atoms with E-state index in [4.69, 9.17) is 0 Å². The van der Waals surface area contributed by atoms with Crippen molar-refractivity contribution in [3.05, 3.63) is 59.9 Å². The van der Waals surface area contributed by atoms with Crippen LogP contribution in [-0.4, -0.2) is 59.5 Å². The van der Waals surface area contributed by atoms with E-state index in [-0.39, 0.29) is 23.5 Å². The summed E-state index contributed by atoms with van der Waals surface area (Å²) in [5.41, 5.74) is 2.27. The van der Waals surface area contributed by atoms with Crippen LogP contribution in [0.2, 0.25) is 0 Å². The number of carbonyl (C=O) groups excluding carboxylic acids is 2. The van der Waals surface area contributed by atoms with Crippen molar-refractivity contribution in [2.75, 3.05) is 32.8 Å². The second kappa shape index (κ2) is 8.97. The summed E-state index contributed by atoms with van der Waals surface area (Å²) in [6, 6.07) is 14.1. The molecule has 0 saturated carbocycles. The Kier molecular flexibility index (Phi) is 6.41. The molecule has 148 valence electrons. The largest absolute Gasteiger partial charge is 0.387 e.